The molecule has 2 aromatic rings. The number of nitrogens with zero attached hydrogens (tertiary/aromatic N) is 2. The Morgan fingerprint density at radius 3 is 2.55 bits per heavy atom. The Labute approximate surface area is 185 Å². The molecular weight excluding hydrogens is 386 g/mol. The summed E-state index contributed by atoms with van der Waals surface area (Å²) in [7, 11) is 0. The Morgan fingerprint density at radius 1 is 1.13 bits per heavy atom. The number of amides is 1. The van der Waals surface area contributed by atoms with Gasteiger partial charge in [0, 0.05) is 30.3 Å². The van der Waals surface area contributed by atoms with E-state index < -0.39 is 0 Å². The number of benzene rings is 1. The Balaban J connectivity index is 1.32. The van der Waals surface area contributed by atoms with Crippen LogP contribution in [-0.2, 0) is 4.79 Å². The zero-order valence-electron chi connectivity index (χ0n) is 19.1. The first-order chi connectivity index (χ1) is 14.8. The van der Waals surface area contributed by atoms with E-state index in [0.717, 1.165) is 41.1 Å². The monoisotopic (exact) mass is 421 g/mol. The molecular formula is C25H35N5O. The summed E-state index contributed by atoms with van der Waals surface area (Å²) in [6, 6.07) is 8.80. The molecule has 0 radical (unpaired) electrons. The van der Waals surface area contributed by atoms with Gasteiger partial charge in [-0.2, -0.15) is 0 Å². The van der Waals surface area contributed by atoms with Gasteiger partial charge in [-0.25, -0.2) is 4.98 Å². The van der Waals surface area contributed by atoms with Gasteiger partial charge in [0.2, 0.25) is 5.91 Å². The molecule has 1 saturated carbocycles. The van der Waals surface area contributed by atoms with Gasteiger partial charge in [0.25, 0.3) is 0 Å². The summed E-state index contributed by atoms with van der Waals surface area (Å²) in [5.74, 6) is 2.32. The maximum absolute atomic E-state index is 11.2. The molecule has 2 fully saturated rings. The lowest BCUT2D eigenvalue weighted by Crippen LogP contribution is -2.30. The van der Waals surface area contributed by atoms with E-state index in [-0.39, 0.29) is 5.91 Å². The number of rotatable bonds is 6. The van der Waals surface area contributed by atoms with Gasteiger partial charge in [-0.3, -0.25) is 9.78 Å². The van der Waals surface area contributed by atoms with Gasteiger partial charge in [0.1, 0.15) is 5.82 Å². The minimum atomic E-state index is -0.0738. The van der Waals surface area contributed by atoms with Gasteiger partial charge < -0.3 is 16.0 Å². The van der Waals surface area contributed by atoms with Crippen LogP contribution in [0, 0.1) is 17.3 Å². The van der Waals surface area contributed by atoms with E-state index >= 15 is 0 Å². The molecule has 1 aliphatic carbocycles. The van der Waals surface area contributed by atoms with Gasteiger partial charge in [0.15, 0.2) is 0 Å². The number of carbonyl (C=O) groups is 1. The number of nitrogens with one attached hydrogen (secondary N) is 3. The van der Waals surface area contributed by atoms with E-state index in [1.54, 1.807) is 0 Å². The fourth-order valence-corrected chi connectivity index (χ4v) is 5.05. The van der Waals surface area contributed by atoms with E-state index in [1.807, 2.05) is 36.7 Å². The molecule has 1 amide bonds. The molecule has 1 aromatic heterocycles. The van der Waals surface area contributed by atoms with E-state index in [0.29, 0.717) is 17.5 Å². The number of hydrogen-bond acceptors (Lipinski definition) is 5. The predicted molar refractivity (Wildman–Crippen MR) is 126 cm³/mol. The van der Waals surface area contributed by atoms with Gasteiger partial charge in [-0.15, -0.1) is 0 Å². The molecule has 4 atom stereocenters. The lowest BCUT2D eigenvalue weighted by molar-refractivity contribution is -0.114. The van der Waals surface area contributed by atoms with Gasteiger partial charge in [-0.05, 0) is 61.6 Å². The van der Waals surface area contributed by atoms with Crippen molar-refractivity contribution in [3.8, 4) is 11.3 Å². The van der Waals surface area contributed by atoms with E-state index in [4.69, 9.17) is 0 Å². The molecule has 2 aliphatic rings. The largest absolute Gasteiger partial charge is 0.366 e. The molecule has 1 aromatic carbocycles. The highest BCUT2D eigenvalue weighted by Crippen LogP contribution is 2.41. The second-order valence-corrected chi connectivity index (χ2v) is 10.4. The Bertz CT molecular complexity index is 888. The zero-order valence-corrected chi connectivity index (χ0v) is 19.1. The average molecular weight is 422 g/mol. The number of anilines is 2. The van der Waals surface area contributed by atoms with Gasteiger partial charge in [-0.1, -0.05) is 32.9 Å². The third-order valence-electron chi connectivity index (χ3n) is 6.62. The van der Waals surface area contributed by atoms with Crippen molar-refractivity contribution in [1.82, 2.24) is 15.3 Å². The summed E-state index contributed by atoms with van der Waals surface area (Å²) in [5, 5.41) is 10.2. The minimum absolute atomic E-state index is 0.0738. The summed E-state index contributed by atoms with van der Waals surface area (Å²) >= 11 is 0. The first-order valence-corrected chi connectivity index (χ1v) is 11.5. The quantitative estimate of drug-likeness (QED) is 0.630. The van der Waals surface area contributed by atoms with Gasteiger partial charge in [0.05, 0.1) is 18.1 Å². The van der Waals surface area contributed by atoms with Crippen molar-refractivity contribution in [2.45, 2.75) is 65.5 Å². The van der Waals surface area contributed by atoms with E-state index in [2.05, 4.69) is 46.7 Å². The van der Waals surface area contributed by atoms with Crippen LogP contribution in [0.25, 0.3) is 11.3 Å². The third kappa shape index (κ3) is 5.62. The molecule has 0 bridgehead atoms. The van der Waals surface area contributed by atoms with Crippen LogP contribution >= 0.6 is 0 Å². The maximum atomic E-state index is 11.2. The summed E-state index contributed by atoms with van der Waals surface area (Å²) < 4.78 is 0. The molecule has 2 heterocycles. The molecule has 0 unspecified atom stereocenters. The van der Waals surface area contributed by atoms with Crippen molar-refractivity contribution < 1.29 is 4.79 Å². The van der Waals surface area contributed by atoms with Crippen LogP contribution in [0.4, 0.5) is 11.5 Å². The van der Waals surface area contributed by atoms with Gasteiger partial charge >= 0.3 is 0 Å². The van der Waals surface area contributed by atoms with Crippen LogP contribution in [0.1, 0.15) is 53.4 Å². The predicted octanol–water partition coefficient (Wildman–Crippen LogP) is 4.71. The van der Waals surface area contributed by atoms with Crippen LogP contribution < -0.4 is 16.0 Å². The zero-order chi connectivity index (χ0) is 22.0. The number of carbonyl (C=O) groups excluding carboxylic acids is 1. The summed E-state index contributed by atoms with van der Waals surface area (Å²) in [4.78, 5) is 20.4. The van der Waals surface area contributed by atoms with E-state index in [1.165, 1.54) is 32.6 Å². The van der Waals surface area contributed by atoms with Crippen LogP contribution in [0.15, 0.2) is 36.7 Å². The molecule has 166 valence electrons. The lowest BCUT2D eigenvalue weighted by Gasteiger charge is -2.24. The second-order valence-electron chi connectivity index (χ2n) is 10.4. The van der Waals surface area contributed by atoms with Crippen molar-refractivity contribution in [3.63, 3.8) is 0 Å². The SMILES string of the molecule is CC(=O)Nc1ccc(-c2cnc(N[C@H]3C[C@@H]4CN[C@@H](CCC(C)(C)C)[C@H]4C3)cn2)cc1. The number of hydrogen-bond donors (Lipinski definition) is 3. The topological polar surface area (TPSA) is 78.9 Å². The molecule has 1 saturated heterocycles. The van der Waals surface area contributed by atoms with Crippen molar-refractivity contribution in [2.24, 2.45) is 17.3 Å². The van der Waals surface area contributed by atoms with Crippen LogP contribution in [0.5, 0.6) is 0 Å². The van der Waals surface area contributed by atoms with E-state index in [9.17, 15) is 4.79 Å². The summed E-state index contributed by atoms with van der Waals surface area (Å²) in [6.07, 6.45) is 8.61. The molecule has 6 nitrogen and oxygen atoms in total. The fraction of sp³-hybridized carbons (Fsp3) is 0.560. The van der Waals surface area contributed by atoms with Crippen molar-refractivity contribution in [3.05, 3.63) is 36.7 Å². The Kier molecular flexibility index (Phi) is 6.28. The van der Waals surface area contributed by atoms with Crippen LogP contribution in [0.3, 0.4) is 0 Å². The highest BCUT2D eigenvalue weighted by atomic mass is 16.1. The third-order valence-corrected chi connectivity index (χ3v) is 6.62. The molecule has 3 N–H and O–H groups in total. The molecule has 6 heteroatoms. The lowest BCUT2D eigenvalue weighted by atomic mass is 9.84. The smallest absolute Gasteiger partial charge is 0.221 e. The molecule has 0 spiro atoms. The standard InChI is InChI=1S/C25H35N5O/c1-16(31)29-19-7-5-17(6-8-19)23-14-28-24(15-27-23)30-20-11-18-13-26-22(21(18)12-20)9-10-25(2,3)4/h5-8,14-15,18,20-22,26H,9-13H2,1-4H3,(H,28,30)(H,29,31)/t18-,20+,21+,22+/m1/s1. The first-order valence-electron chi connectivity index (χ1n) is 11.5. The highest BCUT2D eigenvalue weighted by Gasteiger charge is 2.43. The summed E-state index contributed by atoms with van der Waals surface area (Å²) in [6.45, 7) is 9.65. The molecule has 1 aliphatic heterocycles. The number of aromatic nitrogens is 2. The Morgan fingerprint density at radius 2 is 1.90 bits per heavy atom. The summed E-state index contributed by atoms with van der Waals surface area (Å²) in [5.41, 5.74) is 2.99. The van der Waals surface area contributed by atoms with Crippen molar-refractivity contribution >= 4 is 17.4 Å². The minimum Gasteiger partial charge on any atom is -0.366 e. The molecule has 31 heavy (non-hydrogen) atoms. The normalized spacial score (nSPS) is 25.3. The Hall–Kier alpha value is -2.47. The van der Waals surface area contributed by atoms with Crippen molar-refractivity contribution in [1.29, 1.82) is 0 Å². The van der Waals surface area contributed by atoms with Crippen LogP contribution in [0.2, 0.25) is 0 Å². The maximum Gasteiger partial charge on any atom is 0.221 e. The fourth-order valence-electron chi connectivity index (χ4n) is 5.05. The van der Waals surface area contributed by atoms with Crippen molar-refractivity contribution in [2.75, 3.05) is 17.2 Å². The second kappa shape index (κ2) is 8.95. The van der Waals surface area contributed by atoms with Crippen LogP contribution in [-0.4, -0.2) is 34.5 Å². The number of fused-ring (bicyclic) bond motifs is 1. The average Bonchev–Trinajstić information content (AvgIpc) is 3.27. The highest BCUT2D eigenvalue weighted by molar-refractivity contribution is 5.88. The first kappa shape index (κ1) is 21.8. The molecule has 4 rings (SSSR count).